The third-order valence-corrected chi connectivity index (χ3v) is 2.59. The van der Waals surface area contributed by atoms with Gasteiger partial charge in [-0.15, -0.1) is 0 Å². The van der Waals surface area contributed by atoms with Gasteiger partial charge < -0.3 is 9.84 Å². The fraction of sp³-hybridized carbons (Fsp3) is 0.364. The molecule has 3 heteroatoms. The number of aliphatic hydroxyl groups excluding tert-OH is 1. The van der Waals surface area contributed by atoms with Gasteiger partial charge in [0.1, 0.15) is 5.75 Å². The number of hydrogen-bond acceptors (Lipinski definition) is 3. The summed E-state index contributed by atoms with van der Waals surface area (Å²) >= 11 is 0. The average Bonchev–Trinajstić information content (AvgIpc) is 2.12. The highest BCUT2D eigenvalue weighted by molar-refractivity contribution is 6.00. The van der Waals surface area contributed by atoms with E-state index in [9.17, 15) is 9.90 Å². The Bertz CT molecular complexity index is 396. The number of ether oxygens (including phenoxy) is 1. The number of ketones is 1. The first-order valence-electron chi connectivity index (χ1n) is 4.57. The lowest BCUT2D eigenvalue weighted by Crippen LogP contribution is -2.27. The van der Waals surface area contributed by atoms with E-state index < -0.39 is 6.29 Å². The first-order chi connectivity index (χ1) is 6.59. The molecule has 1 N–H and O–H groups in total. The standard InChI is InChI=1S/C11H12O3/c1-6-3-4-8-9(12)5-10(13)14-11(8)7(6)2/h3-4,10,13H,5H2,1-2H3. The van der Waals surface area contributed by atoms with Crippen LogP contribution in [0.2, 0.25) is 0 Å². The van der Waals surface area contributed by atoms with Crippen LogP contribution in [0.1, 0.15) is 27.9 Å². The van der Waals surface area contributed by atoms with Crippen LogP contribution in [0.5, 0.6) is 5.75 Å². The predicted octanol–water partition coefficient (Wildman–Crippen LogP) is 1.59. The van der Waals surface area contributed by atoms with Crippen molar-refractivity contribution >= 4 is 5.78 Å². The third kappa shape index (κ3) is 1.30. The molecule has 1 aromatic rings. The van der Waals surface area contributed by atoms with Gasteiger partial charge in [0, 0.05) is 0 Å². The maximum absolute atomic E-state index is 11.5. The van der Waals surface area contributed by atoms with Crippen LogP contribution in [0.3, 0.4) is 0 Å². The number of hydrogen-bond donors (Lipinski definition) is 1. The van der Waals surface area contributed by atoms with Crippen molar-refractivity contribution in [2.75, 3.05) is 0 Å². The van der Waals surface area contributed by atoms with Crippen LogP contribution >= 0.6 is 0 Å². The normalized spacial score (nSPS) is 20.2. The summed E-state index contributed by atoms with van der Waals surface area (Å²) in [5.74, 6) is 0.482. The Kier molecular flexibility index (Phi) is 2.04. The van der Waals surface area contributed by atoms with Crippen molar-refractivity contribution in [1.82, 2.24) is 0 Å². The number of aliphatic hydroxyl groups is 1. The minimum atomic E-state index is -0.990. The van der Waals surface area contributed by atoms with E-state index in [2.05, 4.69) is 0 Å². The van der Waals surface area contributed by atoms with Gasteiger partial charge in [0.05, 0.1) is 12.0 Å². The average molecular weight is 192 g/mol. The van der Waals surface area contributed by atoms with Crippen LogP contribution in [0.25, 0.3) is 0 Å². The molecule has 0 saturated carbocycles. The second-order valence-corrected chi connectivity index (χ2v) is 3.58. The van der Waals surface area contributed by atoms with Crippen LogP contribution in [-0.2, 0) is 0 Å². The molecule has 0 spiro atoms. The van der Waals surface area contributed by atoms with Crippen molar-refractivity contribution in [3.8, 4) is 5.75 Å². The first-order valence-corrected chi connectivity index (χ1v) is 4.57. The molecule has 0 aromatic heterocycles. The Hall–Kier alpha value is -1.35. The molecule has 0 bridgehead atoms. The molecule has 1 atom stereocenters. The smallest absolute Gasteiger partial charge is 0.204 e. The molecule has 0 saturated heterocycles. The van der Waals surface area contributed by atoms with Crippen LogP contribution in [0.15, 0.2) is 12.1 Å². The Morgan fingerprint density at radius 2 is 2.14 bits per heavy atom. The lowest BCUT2D eigenvalue weighted by atomic mass is 9.98. The van der Waals surface area contributed by atoms with Gasteiger partial charge in [0.25, 0.3) is 0 Å². The predicted molar refractivity (Wildman–Crippen MR) is 51.5 cm³/mol. The molecule has 74 valence electrons. The van der Waals surface area contributed by atoms with E-state index in [-0.39, 0.29) is 12.2 Å². The van der Waals surface area contributed by atoms with Gasteiger partial charge in [0.15, 0.2) is 5.78 Å². The Morgan fingerprint density at radius 3 is 2.86 bits per heavy atom. The van der Waals surface area contributed by atoms with E-state index in [1.807, 2.05) is 19.9 Å². The summed E-state index contributed by atoms with van der Waals surface area (Å²) in [6, 6.07) is 3.65. The van der Waals surface area contributed by atoms with Gasteiger partial charge in [-0.2, -0.15) is 0 Å². The number of benzene rings is 1. The number of carbonyl (C=O) groups is 1. The monoisotopic (exact) mass is 192 g/mol. The summed E-state index contributed by atoms with van der Waals surface area (Å²) in [5, 5.41) is 9.30. The largest absolute Gasteiger partial charge is 0.464 e. The molecular formula is C11H12O3. The summed E-state index contributed by atoms with van der Waals surface area (Å²) < 4.78 is 5.25. The molecule has 1 aliphatic heterocycles. The van der Waals surface area contributed by atoms with E-state index in [1.54, 1.807) is 6.07 Å². The highest BCUT2D eigenvalue weighted by Gasteiger charge is 2.26. The molecule has 0 aliphatic carbocycles. The van der Waals surface area contributed by atoms with Crippen LogP contribution in [0, 0.1) is 13.8 Å². The number of aryl methyl sites for hydroxylation is 1. The molecule has 14 heavy (non-hydrogen) atoms. The van der Waals surface area contributed by atoms with Crippen molar-refractivity contribution in [2.45, 2.75) is 26.6 Å². The van der Waals surface area contributed by atoms with E-state index in [1.165, 1.54) is 0 Å². The number of carbonyl (C=O) groups excluding carboxylic acids is 1. The van der Waals surface area contributed by atoms with Crippen molar-refractivity contribution in [2.24, 2.45) is 0 Å². The molecule has 1 unspecified atom stereocenters. The number of fused-ring (bicyclic) bond motifs is 1. The molecule has 0 radical (unpaired) electrons. The first kappa shape index (κ1) is 9.21. The second-order valence-electron chi connectivity index (χ2n) is 3.58. The van der Waals surface area contributed by atoms with Crippen molar-refractivity contribution in [3.63, 3.8) is 0 Å². The van der Waals surface area contributed by atoms with Crippen LogP contribution < -0.4 is 4.74 Å². The minimum absolute atomic E-state index is 0.0511. The Labute approximate surface area is 82.3 Å². The summed E-state index contributed by atoms with van der Waals surface area (Å²) in [6.07, 6.45) is -0.939. The zero-order valence-electron chi connectivity index (χ0n) is 8.20. The van der Waals surface area contributed by atoms with Gasteiger partial charge in [-0.3, -0.25) is 4.79 Å². The van der Waals surface area contributed by atoms with E-state index in [0.29, 0.717) is 11.3 Å². The highest BCUT2D eigenvalue weighted by atomic mass is 16.6. The number of rotatable bonds is 0. The Balaban J connectivity index is 2.59. The van der Waals surface area contributed by atoms with Gasteiger partial charge in [-0.05, 0) is 31.0 Å². The van der Waals surface area contributed by atoms with Crippen molar-refractivity contribution in [1.29, 1.82) is 0 Å². The van der Waals surface area contributed by atoms with Gasteiger partial charge in [-0.1, -0.05) is 6.07 Å². The zero-order valence-corrected chi connectivity index (χ0v) is 8.20. The lowest BCUT2D eigenvalue weighted by Gasteiger charge is -2.23. The lowest BCUT2D eigenvalue weighted by molar-refractivity contribution is -0.0251. The maximum Gasteiger partial charge on any atom is 0.204 e. The third-order valence-electron chi connectivity index (χ3n) is 2.59. The molecular weight excluding hydrogens is 180 g/mol. The zero-order chi connectivity index (χ0) is 10.3. The quantitative estimate of drug-likeness (QED) is 0.679. The number of Topliss-reactive ketones (excluding diaryl/α,β-unsaturated/α-hetero) is 1. The molecule has 0 amide bonds. The molecule has 1 heterocycles. The van der Waals surface area contributed by atoms with Crippen molar-refractivity contribution in [3.05, 3.63) is 28.8 Å². The minimum Gasteiger partial charge on any atom is -0.464 e. The summed E-state index contributed by atoms with van der Waals surface area (Å²) in [5.41, 5.74) is 2.57. The second kappa shape index (κ2) is 3.10. The van der Waals surface area contributed by atoms with E-state index >= 15 is 0 Å². The van der Waals surface area contributed by atoms with E-state index in [0.717, 1.165) is 11.1 Å². The SMILES string of the molecule is Cc1ccc2c(c1C)OC(O)CC2=O. The topological polar surface area (TPSA) is 46.5 Å². The fourth-order valence-corrected chi connectivity index (χ4v) is 1.61. The van der Waals surface area contributed by atoms with E-state index in [4.69, 9.17) is 4.74 Å². The summed E-state index contributed by atoms with van der Waals surface area (Å²) in [4.78, 5) is 11.5. The molecule has 3 nitrogen and oxygen atoms in total. The molecule has 2 rings (SSSR count). The summed E-state index contributed by atoms with van der Waals surface area (Å²) in [6.45, 7) is 3.84. The summed E-state index contributed by atoms with van der Waals surface area (Å²) in [7, 11) is 0. The van der Waals surface area contributed by atoms with Crippen LogP contribution in [0.4, 0.5) is 0 Å². The fourth-order valence-electron chi connectivity index (χ4n) is 1.61. The van der Waals surface area contributed by atoms with Crippen molar-refractivity contribution < 1.29 is 14.6 Å². The van der Waals surface area contributed by atoms with Gasteiger partial charge in [0.2, 0.25) is 6.29 Å². The molecule has 1 aliphatic rings. The highest BCUT2D eigenvalue weighted by Crippen LogP contribution is 2.31. The van der Waals surface area contributed by atoms with Gasteiger partial charge >= 0.3 is 0 Å². The van der Waals surface area contributed by atoms with Gasteiger partial charge in [-0.25, -0.2) is 0 Å². The van der Waals surface area contributed by atoms with Crippen LogP contribution in [-0.4, -0.2) is 17.2 Å². The Morgan fingerprint density at radius 1 is 1.43 bits per heavy atom. The molecule has 1 aromatic carbocycles. The molecule has 0 fully saturated rings. The maximum atomic E-state index is 11.5.